The average molecular weight is 310 g/mol. The number of carbonyl (C=O) groups excluding carboxylic acids is 1. The number of aromatic nitrogens is 2. The van der Waals surface area contributed by atoms with Gasteiger partial charge in [-0.3, -0.25) is 4.79 Å². The fraction of sp³-hybridized carbons (Fsp3) is 0.357. The van der Waals surface area contributed by atoms with Gasteiger partial charge in [-0.15, -0.1) is 11.3 Å². The summed E-state index contributed by atoms with van der Waals surface area (Å²) in [6, 6.07) is 1.81. The Kier molecular flexibility index (Phi) is 4.11. The van der Waals surface area contributed by atoms with Crippen molar-refractivity contribution in [2.75, 3.05) is 5.32 Å². The Bertz CT molecular complexity index is 646. The van der Waals surface area contributed by atoms with Crippen molar-refractivity contribution >= 4 is 34.7 Å². The summed E-state index contributed by atoms with van der Waals surface area (Å²) in [5, 5.41) is 5.93. The van der Waals surface area contributed by atoms with Crippen LogP contribution in [0.5, 0.6) is 0 Å². The highest BCUT2D eigenvalue weighted by Crippen LogP contribution is 2.30. The molecule has 20 heavy (non-hydrogen) atoms. The van der Waals surface area contributed by atoms with Gasteiger partial charge in [-0.25, -0.2) is 9.97 Å². The van der Waals surface area contributed by atoms with E-state index in [-0.39, 0.29) is 11.3 Å². The summed E-state index contributed by atoms with van der Waals surface area (Å²) in [7, 11) is 0. The van der Waals surface area contributed by atoms with Crippen molar-refractivity contribution in [3.63, 3.8) is 0 Å². The maximum Gasteiger partial charge on any atom is 0.276 e. The molecule has 0 aliphatic rings. The van der Waals surface area contributed by atoms with Gasteiger partial charge in [-0.2, -0.15) is 0 Å². The van der Waals surface area contributed by atoms with Gasteiger partial charge in [0.25, 0.3) is 5.91 Å². The smallest absolute Gasteiger partial charge is 0.276 e. The zero-order valence-electron chi connectivity index (χ0n) is 11.8. The zero-order chi connectivity index (χ0) is 14.9. The first kappa shape index (κ1) is 14.9. The van der Waals surface area contributed by atoms with Crippen molar-refractivity contribution in [1.29, 1.82) is 0 Å². The Labute approximate surface area is 127 Å². The summed E-state index contributed by atoms with van der Waals surface area (Å²) in [5.41, 5.74) is 1.23. The lowest BCUT2D eigenvalue weighted by Gasteiger charge is -2.21. The van der Waals surface area contributed by atoms with E-state index in [1.54, 1.807) is 17.6 Å². The molecule has 1 N–H and O–H groups in total. The predicted octanol–water partition coefficient (Wildman–Crippen LogP) is 4.05. The predicted molar refractivity (Wildman–Crippen MR) is 82.8 cm³/mol. The van der Waals surface area contributed by atoms with Gasteiger partial charge in [0.2, 0.25) is 0 Å². The van der Waals surface area contributed by atoms with Gasteiger partial charge < -0.3 is 5.32 Å². The number of carbonyl (C=O) groups is 1. The largest absolute Gasteiger partial charge is 0.305 e. The molecule has 2 rings (SSSR count). The summed E-state index contributed by atoms with van der Waals surface area (Å²) in [6.07, 6.45) is 1.56. The normalized spacial score (nSPS) is 11.4. The molecule has 0 fully saturated rings. The van der Waals surface area contributed by atoms with E-state index < -0.39 is 0 Å². The second-order valence-corrected chi connectivity index (χ2v) is 6.97. The highest BCUT2D eigenvalue weighted by Gasteiger charge is 2.19. The second kappa shape index (κ2) is 5.50. The molecule has 2 heterocycles. The molecule has 0 spiro atoms. The highest BCUT2D eigenvalue weighted by molar-refractivity contribution is 7.09. The van der Waals surface area contributed by atoms with Crippen molar-refractivity contribution in [1.82, 2.24) is 9.97 Å². The minimum absolute atomic E-state index is 0.114. The molecular formula is C14H16ClN3OS. The quantitative estimate of drug-likeness (QED) is 0.910. The van der Waals surface area contributed by atoms with Gasteiger partial charge in [-0.05, 0) is 24.0 Å². The van der Waals surface area contributed by atoms with Crippen molar-refractivity contribution < 1.29 is 4.79 Å². The fourth-order valence-corrected chi connectivity index (χ4v) is 2.71. The maximum atomic E-state index is 12.0. The lowest BCUT2D eigenvalue weighted by molar-refractivity contribution is 0.102. The molecule has 2 aromatic rings. The van der Waals surface area contributed by atoms with E-state index in [9.17, 15) is 4.79 Å². The molecule has 106 valence electrons. The van der Waals surface area contributed by atoms with Crippen molar-refractivity contribution in [3.05, 3.63) is 38.9 Å². The first-order valence-electron chi connectivity index (χ1n) is 6.17. The first-order valence-corrected chi connectivity index (χ1v) is 7.42. The van der Waals surface area contributed by atoms with E-state index in [0.717, 1.165) is 10.6 Å². The van der Waals surface area contributed by atoms with Crippen LogP contribution in [0.4, 0.5) is 5.82 Å². The molecule has 0 aromatic carbocycles. The van der Waals surface area contributed by atoms with Crippen LogP contribution >= 0.6 is 22.9 Å². The monoisotopic (exact) mass is 309 g/mol. The molecule has 0 saturated carbocycles. The van der Waals surface area contributed by atoms with Crippen LogP contribution in [0.2, 0.25) is 5.02 Å². The van der Waals surface area contributed by atoms with E-state index in [4.69, 9.17) is 11.6 Å². The van der Waals surface area contributed by atoms with Crippen LogP contribution in [0.25, 0.3) is 0 Å². The molecule has 0 saturated heterocycles. The van der Waals surface area contributed by atoms with Crippen LogP contribution in [-0.4, -0.2) is 15.9 Å². The molecule has 0 unspecified atom stereocenters. The fourth-order valence-electron chi connectivity index (χ4n) is 1.73. The molecule has 0 aliphatic heterocycles. The summed E-state index contributed by atoms with van der Waals surface area (Å²) >= 11 is 7.59. The summed E-state index contributed by atoms with van der Waals surface area (Å²) < 4.78 is 0. The lowest BCUT2D eigenvalue weighted by atomic mass is 9.87. The van der Waals surface area contributed by atoms with Crippen LogP contribution < -0.4 is 5.32 Å². The van der Waals surface area contributed by atoms with Gasteiger partial charge in [0, 0.05) is 11.6 Å². The Balaban J connectivity index is 2.24. The summed E-state index contributed by atoms with van der Waals surface area (Å²) in [5.74, 6) is 0.221. The molecule has 6 heteroatoms. The van der Waals surface area contributed by atoms with Gasteiger partial charge in [0.05, 0.1) is 10.0 Å². The number of rotatable bonds is 2. The molecule has 2 aromatic heterocycles. The topological polar surface area (TPSA) is 54.9 Å². The minimum atomic E-state index is -0.260. The number of hydrogen-bond donors (Lipinski definition) is 1. The van der Waals surface area contributed by atoms with Crippen LogP contribution in [0, 0.1) is 6.92 Å². The molecule has 0 radical (unpaired) electrons. The van der Waals surface area contributed by atoms with E-state index in [1.807, 2.05) is 6.92 Å². The number of amides is 1. The molecule has 1 amide bonds. The Morgan fingerprint density at radius 1 is 1.40 bits per heavy atom. The van der Waals surface area contributed by atoms with Crippen LogP contribution in [0.1, 0.15) is 41.8 Å². The number of pyridine rings is 1. The third kappa shape index (κ3) is 3.35. The maximum absolute atomic E-state index is 12.0. The van der Waals surface area contributed by atoms with Crippen LogP contribution in [-0.2, 0) is 5.41 Å². The number of anilines is 1. The van der Waals surface area contributed by atoms with Crippen molar-refractivity contribution in [2.45, 2.75) is 33.1 Å². The van der Waals surface area contributed by atoms with Gasteiger partial charge in [-0.1, -0.05) is 32.4 Å². The highest BCUT2D eigenvalue weighted by atomic mass is 35.5. The van der Waals surface area contributed by atoms with Crippen molar-refractivity contribution in [2.24, 2.45) is 0 Å². The van der Waals surface area contributed by atoms with E-state index in [1.165, 1.54) is 11.3 Å². The number of nitrogens with zero attached hydrogens (tertiary/aromatic N) is 2. The van der Waals surface area contributed by atoms with Crippen LogP contribution in [0.15, 0.2) is 17.6 Å². The molecule has 4 nitrogen and oxygen atoms in total. The van der Waals surface area contributed by atoms with Gasteiger partial charge in [0.1, 0.15) is 11.5 Å². The van der Waals surface area contributed by atoms with Gasteiger partial charge >= 0.3 is 0 Å². The SMILES string of the molecule is Cc1nc(C(=O)Nc2cc(C(C)(C)C)c(Cl)cn2)cs1. The minimum Gasteiger partial charge on any atom is -0.305 e. The molecule has 0 atom stereocenters. The standard InChI is InChI=1S/C14H16ClN3OS/c1-8-17-11(7-20-8)13(19)18-12-5-9(14(2,3)4)10(15)6-16-12/h5-7H,1-4H3,(H,16,18,19). The zero-order valence-corrected chi connectivity index (χ0v) is 13.4. The average Bonchev–Trinajstić information content (AvgIpc) is 2.77. The number of aryl methyl sites for hydroxylation is 1. The molecular weight excluding hydrogens is 294 g/mol. The third-order valence-corrected chi connectivity index (χ3v) is 3.83. The van der Waals surface area contributed by atoms with E-state index in [2.05, 4.69) is 36.1 Å². The number of hydrogen-bond acceptors (Lipinski definition) is 4. The molecule has 0 bridgehead atoms. The summed E-state index contributed by atoms with van der Waals surface area (Å²) in [4.78, 5) is 20.3. The lowest BCUT2D eigenvalue weighted by Crippen LogP contribution is -2.16. The Morgan fingerprint density at radius 3 is 2.65 bits per heavy atom. The molecule has 0 aliphatic carbocycles. The number of halogens is 1. The van der Waals surface area contributed by atoms with E-state index in [0.29, 0.717) is 16.5 Å². The Hall–Kier alpha value is -1.46. The van der Waals surface area contributed by atoms with E-state index >= 15 is 0 Å². The third-order valence-electron chi connectivity index (χ3n) is 2.76. The Morgan fingerprint density at radius 2 is 2.10 bits per heavy atom. The van der Waals surface area contributed by atoms with Crippen molar-refractivity contribution in [3.8, 4) is 0 Å². The van der Waals surface area contributed by atoms with Gasteiger partial charge in [0.15, 0.2) is 0 Å². The van der Waals surface area contributed by atoms with Crippen LogP contribution in [0.3, 0.4) is 0 Å². The number of nitrogens with one attached hydrogen (secondary N) is 1. The first-order chi connectivity index (χ1) is 9.27. The number of thiazole rings is 1. The second-order valence-electron chi connectivity index (χ2n) is 5.51. The summed E-state index contributed by atoms with van der Waals surface area (Å²) in [6.45, 7) is 8.04.